The number of aryl methyl sites for hydroxylation is 1. The highest BCUT2D eigenvalue weighted by Gasteiger charge is 2.31. The van der Waals surface area contributed by atoms with Gasteiger partial charge in [-0.05, 0) is 31.7 Å². The van der Waals surface area contributed by atoms with Gasteiger partial charge < -0.3 is 9.88 Å². The number of aromatic amines is 2. The number of H-pyrrole nitrogens is 2. The zero-order valence-corrected chi connectivity index (χ0v) is 14.3. The number of carbonyl (C=O) groups is 1. The fourth-order valence-electron chi connectivity index (χ4n) is 3.11. The maximum absolute atomic E-state index is 13.0. The lowest BCUT2D eigenvalue weighted by molar-refractivity contribution is 0.0599. The van der Waals surface area contributed by atoms with Gasteiger partial charge in [0, 0.05) is 24.7 Å². The van der Waals surface area contributed by atoms with Crippen LogP contribution in [0.1, 0.15) is 72.6 Å². The highest BCUT2D eigenvalue weighted by atomic mass is 16.2. The van der Waals surface area contributed by atoms with Crippen LogP contribution in [-0.2, 0) is 0 Å². The van der Waals surface area contributed by atoms with Crippen molar-refractivity contribution in [2.45, 2.75) is 52.0 Å². The van der Waals surface area contributed by atoms with Crippen molar-refractivity contribution in [1.82, 2.24) is 25.1 Å². The predicted molar refractivity (Wildman–Crippen MR) is 89.9 cm³/mol. The molecule has 0 bridgehead atoms. The molecule has 3 rings (SSSR count). The SMILES string of the molecule is Cc1cc(=O)[nH]cc1C(=O)N1CCCC[C@H]1c1nc(C(C)C)n[nH]1. The van der Waals surface area contributed by atoms with Crippen molar-refractivity contribution in [2.75, 3.05) is 6.54 Å². The molecular formula is C17H23N5O2. The Morgan fingerprint density at radius 2 is 2.17 bits per heavy atom. The molecule has 0 aliphatic carbocycles. The molecule has 0 saturated carbocycles. The number of piperidine rings is 1. The number of amides is 1. The Morgan fingerprint density at radius 3 is 2.83 bits per heavy atom. The van der Waals surface area contributed by atoms with E-state index in [1.165, 1.54) is 12.3 Å². The molecule has 2 aromatic heterocycles. The zero-order chi connectivity index (χ0) is 17.3. The van der Waals surface area contributed by atoms with Crippen LogP contribution in [0.25, 0.3) is 0 Å². The van der Waals surface area contributed by atoms with Gasteiger partial charge in [0.2, 0.25) is 5.56 Å². The smallest absolute Gasteiger partial charge is 0.256 e. The van der Waals surface area contributed by atoms with Gasteiger partial charge in [0.15, 0.2) is 5.82 Å². The Hall–Kier alpha value is -2.44. The molecule has 0 radical (unpaired) electrons. The minimum absolute atomic E-state index is 0.0732. The number of aromatic nitrogens is 4. The molecule has 1 fully saturated rings. The zero-order valence-electron chi connectivity index (χ0n) is 14.3. The van der Waals surface area contributed by atoms with E-state index in [-0.39, 0.29) is 23.4 Å². The van der Waals surface area contributed by atoms with E-state index in [2.05, 4.69) is 20.2 Å². The summed E-state index contributed by atoms with van der Waals surface area (Å²) in [5, 5.41) is 7.27. The van der Waals surface area contributed by atoms with Gasteiger partial charge in [-0.3, -0.25) is 14.7 Å². The predicted octanol–water partition coefficient (Wildman–Crippen LogP) is 2.29. The molecule has 2 aromatic rings. The van der Waals surface area contributed by atoms with Crippen LogP contribution >= 0.6 is 0 Å². The van der Waals surface area contributed by atoms with Crippen molar-refractivity contribution in [3.8, 4) is 0 Å². The van der Waals surface area contributed by atoms with Crippen molar-refractivity contribution < 1.29 is 4.79 Å². The third kappa shape index (κ3) is 3.11. The first-order valence-corrected chi connectivity index (χ1v) is 8.40. The van der Waals surface area contributed by atoms with Crippen molar-refractivity contribution in [3.05, 3.63) is 45.4 Å². The number of nitrogens with one attached hydrogen (secondary N) is 2. The van der Waals surface area contributed by atoms with E-state index in [1.807, 2.05) is 18.7 Å². The number of nitrogens with zero attached hydrogens (tertiary/aromatic N) is 3. The van der Waals surface area contributed by atoms with Gasteiger partial charge in [-0.2, -0.15) is 5.10 Å². The average molecular weight is 329 g/mol. The second-order valence-corrected chi connectivity index (χ2v) is 6.64. The van der Waals surface area contributed by atoms with E-state index in [1.54, 1.807) is 6.92 Å². The van der Waals surface area contributed by atoms with E-state index in [9.17, 15) is 9.59 Å². The molecule has 3 heterocycles. The molecule has 7 heteroatoms. The van der Waals surface area contributed by atoms with E-state index >= 15 is 0 Å². The first-order chi connectivity index (χ1) is 11.5. The summed E-state index contributed by atoms with van der Waals surface area (Å²) in [5.74, 6) is 1.68. The summed E-state index contributed by atoms with van der Waals surface area (Å²) in [6.07, 6.45) is 4.39. The molecule has 0 aromatic carbocycles. The van der Waals surface area contributed by atoms with Crippen molar-refractivity contribution in [1.29, 1.82) is 0 Å². The quantitative estimate of drug-likeness (QED) is 0.903. The van der Waals surface area contributed by atoms with E-state index in [0.29, 0.717) is 17.7 Å². The number of hydrogen-bond donors (Lipinski definition) is 2. The molecule has 7 nitrogen and oxygen atoms in total. The molecule has 24 heavy (non-hydrogen) atoms. The minimum Gasteiger partial charge on any atom is -0.328 e. The molecule has 2 N–H and O–H groups in total. The molecule has 1 saturated heterocycles. The van der Waals surface area contributed by atoms with Gasteiger partial charge in [-0.1, -0.05) is 13.8 Å². The van der Waals surface area contributed by atoms with Crippen molar-refractivity contribution >= 4 is 5.91 Å². The molecule has 1 atom stereocenters. The van der Waals surface area contributed by atoms with Crippen LogP contribution in [-0.4, -0.2) is 37.5 Å². The Morgan fingerprint density at radius 1 is 1.38 bits per heavy atom. The first-order valence-electron chi connectivity index (χ1n) is 8.40. The second kappa shape index (κ2) is 6.59. The van der Waals surface area contributed by atoms with Gasteiger partial charge in [0.1, 0.15) is 5.82 Å². The van der Waals surface area contributed by atoms with Crippen LogP contribution in [0.15, 0.2) is 17.1 Å². The van der Waals surface area contributed by atoms with Crippen molar-refractivity contribution in [2.24, 2.45) is 0 Å². The van der Waals surface area contributed by atoms with Gasteiger partial charge in [0.25, 0.3) is 5.91 Å². The summed E-state index contributed by atoms with van der Waals surface area (Å²) in [5.41, 5.74) is 1.02. The number of carbonyl (C=O) groups excluding carboxylic acids is 1. The maximum Gasteiger partial charge on any atom is 0.256 e. The standard InChI is InChI=1S/C17H23N5O2/c1-10(2)15-19-16(21-20-15)13-6-4-5-7-22(13)17(24)12-9-18-14(23)8-11(12)3/h8-10,13H,4-7H2,1-3H3,(H,18,23)(H,19,20,21)/t13-/m0/s1. The highest BCUT2D eigenvalue weighted by Crippen LogP contribution is 2.31. The third-order valence-electron chi connectivity index (χ3n) is 4.48. The third-order valence-corrected chi connectivity index (χ3v) is 4.48. The van der Waals surface area contributed by atoms with Gasteiger partial charge in [0.05, 0.1) is 11.6 Å². The lowest BCUT2D eigenvalue weighted by Gasteiger charge is -2.34. The normalized spacial score (nSPS) is 18.2. The van der Waals surface area contributed by atoms with E-state index in [4.69, 9.17) is 0 Å². The molecule has 128 valence electrons. The summed E-state index contributed by atoms with van der Waals surface area (Å²) in [6, 6.07) is 1.36. The Balaban J connectivity index is 1.91. The molecule has 0 unspecified atom stereocenters. The molecular weight excluding hydrogens is 306 g/mol. The van der Waals surface area contributed by atoms with Crippen LogP contribution in [0.5, 0.6) is 0 Å². The summed E-state index contributed by atoms with van der Waals surface area (Å²) in [6.45, 7) is 6.55. The molecule has 1 amide bonds. The summed E-state index contributed by atoms with van der Waals surface area (Å²) < 4.78 is 0. The van der Waals surface area contributed by atoms with Crippen LogP contribution in [0, 0.1) is 6.92 Å². The fourth-order valence-corrected chi connectivity index (χ4v) is 3.11. The van der Waals surface area contributed by atoms with Gasteiger partial charge >= 0.3 is 0 Å². The van der Waals surface area contributed by atoms with Gasteiger partial charge in [-0.15, -0.1) is 0 Å². The van der Waals surface area contributed by atoms with Crippen LogP contribution in [0.4, 0.5) is 0 Å². The number of hydrogen-bond acceptors (Lipinski definition) is 4. The largest absolute Gasteiger partial charge is 0.328 e. The highest BCUT2D eigenvalue weighted by molar-refractivity contribution is 5.95. The molecule has 0 spiro atoms. The summed E-state index contributed by atoms with van der Waals surface area (Å²) >= 11 is 0. The van der Waals surface area contributed by atoms with Crippen LogP contribution in [0.2, 0.25) is 0 Å². The Bertz CT molecular complexity index is 792. The lowest BCUT2D eigenvalue weighted by Crippen LogP contribution is -2.39. The van der Waals surface area contributed by atoms with Crippen molar-refractivity contribution in [3.63, 3.8) is 0 Å². The summed E-state index contributed by atoms with van der Waals surface area (Å²) in [7, 11) is 0. The van der Waals surface area contributed by atoms with E-state index < -0.39 is 0 Å². The fraction of sp³-hybridized carbons (Fsp3) is 0.529. The van der Waals surface area contributed by atoms with Crippen LogP contribution < -0.4 is 5.56 Å². The second-order valence-electron chi connectivity index (χ2n) is 6.64. The average Bonchev–Trinajstić information content (AvgIpc) is 3.04. The Kier molecular flexibility index (Phi) is 4.51. The number of likely N-dealkylation sites (tertiary alicyclic amines) is 1. The summed E-state index contributed by atoms with van der Waals surface area (Å²) in [4.78, 5) is 33.4. The molecule has 1 aliphatic rings. The molecule has 1 aliphatic heterocycles. The minimum atomic E-state index is -0.198. The number of pyridine rings is 1. The lowest BCUT2D eigenvalue weighted by atomic mass is 9.99. The Labute approximate surface area is 140 Å². The van der Waals surface area contributed by atoms with Gasteiger partial charge in [-0.25, -0.2) is 4.98 Å². The van der Waals surface area contributed by atoms with Crippen LogP contribution in [0.3, 0.4) is 0 Å². The first kappa shape index (κ1) is 16.4. The maximum atomic E-state index is 13.0. The number of rotatable bonds is 3. The topological polar surface area (TPSA) is 94.7 Å². The van der Waals surface area contributed by atoms with E-state index in [0.717, 1.165) is 30.9 Å². The monoisotopic (exact) mass is 329 g/mol.